The van der Waals surface area contributed by atoms with Gasteiger partial charge >= 0.3 is 0 Å². The van der Waals surface area contributed by atoms with Crippen LogP contribution >= 0.6 is 11.3 Å². The zero-order valence-corrected chi connectivity index (χ0v) is 12.6. The Balaban J connectivity index is 1.59. The molecule has 0 radical (unpaired) electrons. The third kappa shape index (κ3) is 3.59. The fourth-order valence-corrected chi connectivity index (χ4v) is 2.54. The second-order valence-corrected chi connectivity index (χ2v) is 5.57. The molecule has 5 nitrogen and oxygen atoms in total. The lowest BCUT2D eigenvalue weighted by molar-refractivity contribution is -0.116. The number of thiophene rings is 1. The highest BCUT2D eigenvalue weighted by atomic mass is 32.1. The van der Waals surface area contributed by atoms with Gasteiger partial charge in [0.15, 0.2) is 0 Å². The molecule has 0 aliphatic heterocycles. The lowest BCUT2D eigenvalue weighted by Crippen LogP contribution is -2.14. The van der Waals surface area contributed by atoms with E-state index in [0.717, 1.165) is 17.0 Å². The number of rotatable bonds is 5. The van der Waals surface area contributed by atoms with Crippen LogP contribution in [0.25, 0.3) is 10.8 Å². The van der Waals surface area contributed by atoms with E-state index in [1.54, 1.807) is 0 Å². The second kappa shape index (κ2) is 6.66. The minimum atomic E-state index is -0.823. The van der Waals surface area contributed by atoms with E-state index < -0.39 is 23.2 Å². The van der Waals surface area contributed by atoms with Gasteiger partial charge in [0.1, 0.15) is 17.3 Å². The molecule has 118 valence electrons. The first-order valence-corrected chi connectivity index (χ1v) is 7.61. The normalized spacial score (nSPS) is 10.7. The maximum atomic E-state index is 13.4. The molecule has 8 heteroatoms. The molecule has 0 spiro atoms. The van der Waals surface area contributed by atoms with Crippen molar-refractivity contribution in [2.45, 2.75) is 12.8 Å². The van der Waals surface area contributed by atoms with E-state index in [2.05, 4.69) is 15.5 Å². The number of carbonyl (C=O) groups excluding carboxylic acids is 1. The number of nitrogens with zero attached hydrogens (tertiary/aromatic N) is 2. The van der Waals surface area contributed by atoms with Crippen molar-refractivity contribution in [1.82, 2.24) is 10.2 Å². The Morgan fingerprint density at radius 2 is 1.96 bits per heavy atom. The first-order chi connectivity index (χ1) is 11.1. The molecule has 1 aromatic carbocycles. The van der Waals surface area contributed by atoms with Crippen molar-refractivity contribution in [3.8, 4) is 10.8 Å². The van der Waals surface area contributed by atoms with Crippen LogP contribution in [-0.2, 0) is 11.2 Å². The maximum Gasteiger partial charge on any atom is 0.257 e. The first-order valence-electron chi connectivity index (χ1n) is 6.73. The molecule has 0 aliphatic rings. The van der Waals surface area contributed by atoms with Crippen molar-refractivity contribution in [2.24, 2.45) is 0 Å². The number of aromatic nitrogens is 2. The highest BCUT2D eigenvalue weighted by Crippen LogP contribution is 2.23. The van der Waals surface area contributed by atoms with Crippen molar-refractivity contribution in [3.63, 3.8) is 0 Å². The quantitative estimate of drug-likeness (QED) is 0.773. The highest BCUT2D eigenvalue weighted by molar-refractivity contribution is 7.13. The Morgan fingerprint density at radius 3 is 2.65 bits per heavy atom. The third-order valence-electron chi connectivity index (χ3n) is 2.99. The van der Waals surface area contributed by atoms with Gasteiger partial charge in [-0.15, -0.1) is 21.5 Å². The number of carbonyl (C=O) groups is 1. The average Bonchev–Trinajstić information content (AvgIpc) is 3.19. The summed E-state index contributed by atoms with van der Waals surface area (Å²) in [7, 11) is 0. The summed E-state index contributed by atoms with van der Waals surface area (Å²) in [6.45, 7) is 0. The van der Waals surface area contributed by atoms with Crippen LogP contribution < -0.4 is 5.32 Å². The van der Waals surface area contributed by atoms with Crippen molar-refractivity contribution in [2.75, 3.05) is 5.32 Å². The van der Waals surface area contributed by atoms with Crippen molar-refractivity contribution in [3.05, 3.63) is 53.2 Å². The summed E-state index contributed by atoms with van der Waals surface area (Å²) in [5, 5.41) is 11.8. The minimum Gasteiger partial charge on any atom is -0.420 e. The number of halogens is 2. The van der Waals surface area contributed by atoms with Gasteiger partial charge in [-0.3, -0.25) is 4.79 Å². The molecule has 2 aromatic heterocycles. The van der Waals surface area contributed by atoms with E-state index in [0.29, 0.717) is 5.89 Å². The monoisotopic (exact) mass is 335 g/mol. The van der Waals surface area contributed by atoms with Crippen LogP contribution in [0.5, 0.6) is 0 Å². The van der Waals surface area contributed by atoms with Gasteiger partial charge in [0.05, 0.1) is 4.88 Å². The number of nitrogens with one attached hydrogen (secondary N) is 1. The summed E-state index contributed by atoms with van der Waals surface area (Å²) in [5.74, 6) is -1.51. The molecule has 3 rings (SSSR count). The van der Waals surface area contributed by atoms with Crippen LogP contribution in [0.15, 0.2) is 40.1 Å². The fourth-order valence-electron chi connectivity index (χ4n) is 1.89. The molecule has 2 heterocycles. The number of hydrogen-bond donors (Lipinski definition) is 1. The molecule has 0 fully saturated rings. The van der Waals surface area contributed by atoms with Gasteiger partial charge in [-0.1, -0.05) is 12.1 Å². The molecule has 0 aliphatic carbocycles. The molecule has 1 N–H and O–H groups in total. The Hall–Kier alpha value is -2.61. The van der Waals surface area contributed by atoms with Crippen LogP contribution in [0.3, 0.4) is 0 Å². The molecular weight excluding hydrogens is 324 g/mol. The van der Waals surface area contributed by atoms with E-state index in [4.69, 9.17) is 4.42 Å². The smallest absolute Gasteiger partial charge is 0.257 e. The standard InChI is InChI=1S/C15H11F2N3O2S/c16-9-3-1-4-10(17)14(9)18-12(21)6-7-13-19-20-15(22-13)11-5-2-8-23-11/h1-5,8H,6-7H2,(H,18,21). The molecule has 0 unspecified atom stereocenters. The van der Waals surface area contributed by atoms with Crippen molar-refractivity contribution in [1.29, 1.82) is 0 Å². The number of anilines is 1. The largest absolute Gasteiger partial charge is 0.420 e. The average molecular weight is 335 g/mol. The molecular formula is C15H11F2N3O2S. The van der Waals surface area contributed by atoms with E-state index in [-0.39, 0.29) is 18.7 Å². The summed E-state index contributed by atoms with van der Waals surface area (Å²) in [6.07, 6.45) is 0.153. The summed E-state index contributed by atoms with van der Waals surface area (Å²) >= 11 is 1.46. The Kier molecular flexibility index (Phi) is 4.42. The van der Waals surface area contributed by atoms with Crippen LogP contribution in [0.1, 0.15) is 12.3 Å². The maximum absolute atomic E-state index is 13.4. The number of amides is 1. The van der Waals surface area contributed by atoms with E-state index in [1.165, 1.54) is 17.4 Å². The minimum absolute atomic E-state index is 0.0279. The molecule has 0 saturated carbocycles. The summed E-state index contributed by atoms with van der Waals surface area (Å²) in [5.41, 5.74) is -0.456. The Morgan fingerprint density at radius 1 is 1.17 bits per heavy atom. The topological polar surface area (TPSA) is 68.0 Å². The zero-order chi connectivity index (χ0) is 16.2. The van der Waals surface area contributed by atoms with Crippen molar-refractivity contribution >= 4 is 22.9 Å². The lowest BCUT2D eigenvalue weighted by Gasteiger charge is -2.06. The highest BCUT2D eigenvalue weighted by Gasteiger charge is 2.14. The fraction of sp³-hybridized carbons (Fsp3) is 0.133. The number of para-hydroxylation sites is 1. The van der Waals surface area contributed by atoms with Crippen LogP contribution in [0, 0.1) is 11.6 Å². The molecule has 3 aromatic rings. The SMILES string of the molecule is O=C(CCc1nnc(-c2cccs2)o1)Nc1c(F)cccc1F. The van der Waals surface area contributed by atoms with E-state index in [1.807, 2.05) is 17.5 Å². The third-order valence-corrected chi connectivity index (χ3v) is 3.85. The van der Waals surface area contributed by atoms with Crippen LogP contribution in [0.2, 0.25) is 0 Å². The Labute approximate surface area is 134 Å². The van der Waals surface area contributed by atoms with Gasteiger partial charge in [-0.2, -0.15) is 0 Å². The molecule has 0 saturated heterocycles. The molecule has 0 atom stereocenters. The van der Waals surface area contributed by atoms with Gasteiger partial charge in [0.25, 0.3) is 5.89 Å². The molecule has 1 amide bonds. The predicted octanol–water partition coefficient (Wildman–Crippen LogP) is 3.65. The Bertz CT molecular complexity index is 798. The molecule has 23 heavy (non-hydrogen) atoms. The van der Waals surface area contributed by atoms with Crippen LogP contribution in [0.4, 0.5) is 14.5 Å². The number of aryl methyl sites for hydroxylation is 1. The second-order valence-electron chi connectivity index (χ2n) is 4.62. The number of benzene rings is 1. The van der Waals surface area contributed by atoms with Gasteiger partial charge in [0, 0.05) is 12.8 Å². The van der Waals surface area contributed by atoms with Gasteiger partial charge in [-0.05, 0) is 23.6 Å². The van der Waals surface area contributed by atoms with Gasteiger partial charge < -0.3 is 9.73 Å². The zero-order valence-electron chi connectivity index (χ0n) is 11.8. The van der Waals surface area contributed by atoms with Crippen molar-refractivity contribution < 1.29 is 18.0 Å². The van der Waals surface area contributed by atoms with E-state index in [9.17, 15) is 13.6 Å². The first kappa shape index (κ1) is 15.3. The summed E-state index contributed by atoms with van der Waals surface area (Å²) < 4.78 is 32.3. The predicted molar refractivity (Wildman–Crippen MR) is 80.9 cm³/mol. The summed E-state index contributed by atoms with van der Waals surface area (Å²) in [6, 6.07) is 7.08. The number of hydrogen-bond acceptors (Lipinski definition) is 5. The summed E-state index contributed by atoms with van der Waals surface area (Å²) in [4.78, 5) is 12.6. The molecule has 0 bridgehead atoms. The van der Waals surface area contributed by atoms with Gasteiger partial charge in [-0.25, -0.2) is 8.78 Å². The van der Waals surface area contributed by atoms with Crippen LogP contribution in [-0.4, -0.2) is 16.1 Å². The lowest BCUT2D eigenvalue weighted by atomic mass is 10.2. The van der Waals surface area contributed by atoms with Gasteiger partial charge in [0.2, 0.25) is 11.8 Å². The van der Waals surface area contributed by atoms with E-state index >= 15 is 0 Å².